The molecule has 0 saturated carbocycles. The molecule has 0 fully saturated rings. The Labute approximate surface area is 159 Å². The predicted octanol–water partition coefficient (Wildman–Crippen LogP) is 4.36. The van der Waals surface area contributed by atoms with Crippen molar-refractivity contribution < 1.29 is 4.79 Å². The molecule has 0 atom stereocenters. The van der Waals surface area contributed by atoms with E-state index in [1.807, 2.05) is 13.0 Å². The molecule has 1 amide bonds. The van der Waals surface area contributed by atoms with Gasteiger partial charge < -0.3 is 5.32 Å². The number of aryl methyl sites for hydroxylation is 1. The Kier molecular flexibility index (Phi) is 5.32. The van der Waals surface area contributed by atoms with Crippen LogP contribution in [0, 0.1) is 0 Å². The van der Waals surface area contributed by atoms with Crippen molar-refractivity contribution in [3.8, 4) is 0 Å². The highest BCUT2D eigenvalue weighted by Gasteiger charge is 2.15. The van der Waals surface area contributed by atoms with E-state index < -0.39 is 0 Å². The standard InChI is InChI=1S/C16H14Cl3N5O/c1-2-24-14(5-6-20-24)16(25)21-15-13(19)9-23(22-15)8-10-3-4-11(17)12(18)7-10/h3-7,9H,2,8H2,1H3,(H,21,22,25). The maximum absolute atomic E-state index is 12.3. The van der Waals surface area contributed by atoms with Gasteiger partial charge in [0.05, 0.1) is 16.6 Å². The van der Waals surface area contributed by atoms with Crippen molar-refractivity contribution in [3.05, 3.63) is 63.0 Å². The molecule has 3 rings (SSSR count). The van der Waals surface area contributed by atoms with E-state index in [4.69, 9.17) is 34.8 Å². The molecule has 130 valence electrons. The smallest absolute Gasteiger partial charge is 0.275 e. The summed E-state index contributed by atoms with van der Waals surface area (Å²) >= 11 is 18.1. The number of nitrogens with one attached hydrogen (secondary N) is 1. The molecule has 0 bridgehead atoms. The summed E-state index contributed by atoms with van der Waals surface area (Å²) in [7, 11) is 0. The highest BCUT2D eigenvalue weighted by Crippen LogP contribution is 2.24. The fourth-order valence-electron chi connectivity index (χ4n) is 2.34. The summed E-state index contributed by atoms with van der Waals surface area (Å²) in [6.45, 7) is 2.94. The number of aromatic nitrogens is 4. The Morgan fingerprint density at radius 1 is 1.16 bits per heavy atom. The van der Waals surface area contributed by atoms with Crippen LogP contribution in [0.5, 0.6) is 0 Å². The van der Waals surface area contributed by atoms with Crippen LogP contribution in [0.1, 0.15) is 23.0 Å². The van der Waals surface area contributed by atoms with Crippen molar-refractivity contribution in [2.24, 2.45) is 0 Å². The number of nitrogens with zero attached hydrogens (tertiary/aromatic N) is 4. The van der Waals surface area contributed by atoms with Crippen LogP contribution in [0.15, 0.2) is 36.7 Å². The molecular formula is C16H14Cl3N5O. The van der Waals surface area contributed by atoms with Gasteiger partial charge in [-0.2, -0.15) is 10.2 Å². The predicted molar refractivity (Wildman–Crippen MR) is 98.7 cm³/mol. The average Bonchev–Trinajstić information content (AvgIpc) is 3.18. The number of hydrogen-bond acceptors (Lipinski definition) is 3. The van der Waals surface area contributed by atoms with Gasteiger partial charge in [-0.1, -0.05) is 40.9 Å². The largest absolute Gasteiger partial charge is 0.302 e. The van der Waals surface area contributed by atoms with Gasteiger partial charge in [-0.05, 0) is 30.7 Å². The minimum Gasteiger partial charge on any atom is -0.302 e. The molecule has 6 nitrogen and oxygen atoms in total. The van der Waals surface area contributed by atoms with Gasteiger partial charge in [-0.25, -0.2) is 0 Å². The first-order valence-corrected chi connectivity index (χ1v) is 8.61. The van der Waals surface area contributed by atoms with Crippen LogP contribution in [0.25, 0.3) is 0 Å². The van der Waals surface area contributed by atoms with Crippen molar-refractivity contribution in [3.63, 3.8) is 0 Å². The van der Waals surface area contributed by atoms with Gasteiger partial charge in [0.15, 0.2) is 5.82 Å². The highest BCUT2D eigenvalue weighted by molar-refractivity contribution is 6.42. The summed E-state index contributed by atoms with van der Waals surface area (Å²) in [5.41, 5.74) is 1.35. The molecule has 2 aromatic heterocycles. The second-order valence-corrected chi connectivity index (χ2v) is 6.48. The lowest BCUT2D eigenvalue weighted by molar-refractivity contribution is 0.101. The topological polar surface area (TPSA) is 64.7 Å². The third kappa shape index (κ3) is 3.98. The van der Waals surface area contributed by atoms with Gasteiger partial charge in [0.2, 0.25) is 0 Å². The minimum atomic E-state index is -0.318. The second kappa shape index (κ2) is 7.47. The maximum Gasteiger partial charge on any atom is 0.275 e. The highest BCUT2D eigenvalue weighted by atomic mass is 35.5. The SMILES string of the molecule is CCn1nccc1C(=O)Nc1nn(Cc2ccc(Cl)c(Cl)c2)cc1Cl. The zero-order chi connectivity index (χ0) is 18.0. The number of benzene rings is 1. The number of anilines is 1. The van der Waals surface area contributed by atoms with Crippen LogP contribution in [0.3, 0.4) is 0 Å². The van der Waals surface area contributed by atoms with E-state index in [0.29, 0.717) is 33.9 Å². The Balaban J connectivity index is 1.76. The molecule has 0 unspecified atom stereocenters. The van der Waals surface area contributed by atoms with Crippen molar-refractivity contribution in [1.29, 1.82) is 0 Å². The van der Waals surface area contributed by atoms with Crippen LogP contribution in [0.4, 0.5) is 5.82 Å². The Morgan fingerprint density at radius 2 is 1.96 bits per heavy atom. The summed E-state index contributed by atoms with van der Waals surface area (Å²) in [4.78, 5) is 12.3. The first kappa shape index (κ1) is 17.8. The van der Waals surface area contributed by atoms with Gasteiger partial charge in [0.1, 0.15) is 10.7 Å². The molecule has 0 radical (unpaired) electrons. The Morgan fingerprint density at radius 3 is 2.68 bits per heavy atom. The summed E-state index contributed by atoms with van der Waals surface area (Å²) in [5, 5.41) is 12.4. The zero-order valence-electron chi connectivity index (χ0n) is 13.2. The van der Waals surface area contributed by atoms with E-state index in [2.05, 4.69) is 15.5 Å². The number of carbonyl (C=O) groups is 1. The summed E-state index contributed by atoms with van der Waals surface area (Å²) < 4.78 is 3.21. The average molecular weight is 399 g/mol. The number of amides is 1. The number of halogens is 3. The lowest BCUT2D eigenvalue weighted by Crippen LogP contribution is -2.18. The zero-order valence-corrected chi connectivity index (χ0v) is 15.5. The first-order chi connectivity index (χ1) is 12.0. The van der Waals surface area contributed by atoms with Gasteiger partial charge in [-0.15, -0.1) is 0 Å². The van der Waals surface area contributed by atoms with Gasteiger partial charge in [0.25, 0.3) is 5.91 Å². The van der Waals surface area contributed by atoms with Gasteiger partial charge in [-0.3, -0.25) is 14.2 Å². The van der Waals surface area contributed by atoms with E-state index in [0.717, 1.165) is 5.56 Å². The second-order valence-electron chi connectivity index (χ2n) is 5.26. The molecule has 0 aliphatic rings. The van der Waals surface area contributed by atoms with E-state index in [9.17, 15) is 4.79 Å². The summed E-state index contributed by atoms with van der Waals surface area (Å²) in [5.74, 6) is -0.0309. The van der Waals surface area contributed by atoms with E-state index in [1.165, 1.54) is 0 Å². The lowest BCUT2D eigenvalue weighted by Gasteiger charge is -2.05. The molecule has 3 aromatic rings. The summed E-state index contributed by atoms with van der Waals surface area (Å²) in [6, 6.07) is 6.97. The molecule has 0 saturated heterocycles. The number of rotatable bonds is 5. The van der Waals surface area contributed by atoms with Crippen LogP contribution >= 0.6 is 34.8 Å². The van der Waals surface area contributed by atoms with Crippen molar-refractivity contribution >= 4 is 46.5 Å². The van der Waals surface area contributed by atoms with Crippen molar-refractivity contribution in [1.82, 2.24) is 19.6 Å². The molecule has 9 heteroatoms. The molecule has 0 aliphatic heterocycles. The molecule has 1 N–H and O–H groups in total. The molecule has 0 aliphatic carbocycles. The van der Waals surface area contributed by atoms with Gasteiger partial charge >= 0.3 is 0 Å². The van der Waals surface area contributed by atoms with E-state index in [-0.39, 0.29) is 11.7 Å². The molecule has 1 aromatic carbocycles. The molecule has 2 heterocycles. The monoisotopic (exact) mass is 397 g/mol. The third-order valence-electron chi connectivity index (χ3n) is 3.53. The lowest BCUT2D eigenvalue weighted by atomic mass is 10.2. The number of hydrogen-bond donors (Lipinski definition) is 1. The normalized spacial score (nSPS) is 10.9. The Bertz CT molecular complexity index is 918. The minimum absolute atomic E-state index is 0.288. The summed E-state index contributed by atoms with van der Waals surface area (Å²) in [6.07, 6.45) is 3.21. The van der Waals surface area contributed by atoms with Crippen molar-refractivity contribution in [2.45, 2.75) is 20.0 Å². The van der Waals surface area contributed by atoms with E-state index in [1.54, 1.807) is 40.0 Å². The Hall–Kier alpha value is -2.02. The van der Waals surface area contributed by atoms with Crippen LogP contribution < -0.4 is 5.32 Å². The van der Waals surface area contributed by atoms with Gasteiger partial charge in [0, 0.05) is 18.9 Å². The fraction of sp³-hybridized carbons (Fsp3) is 0.188. The number of carbonyl (C=O) groups excluding carboxylic acids is 1. The fourth-order valence-corrected chi connectivity index (χ4v) is 2.86. The van der Waals surface area contributed by atoms with Crippen molar-refractivity contribution in [2.75, 3.05) is 5.32 Å². The maximum atomic E-state index is 12.3. The van der Waals surface area contributed by atoms with E-state index >= 15 is 0 Å². The van der Waals surface area contributed by atoms with Crippen LogP contribution in [-0.2, 0) is 13.1 Å². The third-order valence-corrected chi connectivity index (χ3v) is 4.54. The molecule has 0 spiro atoms. The molecule has 25 heavy (non-hydrogen) atoms. The van der Waals surface area contributed by atoms with Crippen LogP contribution in [-0.4, -0.2) is 25.5 Å². The first-order valence-electron chi connectivity index (χ1n) is 7.48. The molecular weight excluding hydrogens is 385 g/mol. The van der Waals surface area contributed by atoms with Crippen LogP contribution in [0.2, 0.25) is 15.1 Å². The quantitative estimate of drug-likeness (QED) is 0.694.